The number of nitrogens with zero attached hydrogens (tertiary/aromatic N) is 1. The first-order valence-corrected chi connectivity index (χ1v) is 7.37. The van der Waals surface area contributed by atoms with Crippen molar-refractivity contribution in [3.63, 3.8) is 0 Å². The Labute approximate surface area is 113 Å². The third-order valence-electron chi connectivity index (χ3n) is 3.05. The molecule has 0 radical (unpaired) electrons. The van der Waals surface area contributed by atoms with E-state index in [4.69, 9.17) is 0 Å². The van der Waals surface area contributed by atoms with E-state index in [1.54, 1.807) is 11.3 Å². The highest BCUT2D eigenvalue weighted by atomic mass is 32.1. The Morgan fingerprint density at radius 2 is 2.00 bits per heavy atom. The van der Waals surface area contributed by atoms with Crippen molar-refractivity contribution in [2.24, 2.45) is 5.92 Å². The molecule has 0 aliphatic rings. The van der Waals surface area contributed by atoms with Crippen molar-refractivity contribution in [2.75, 3.05) is 6.54 Å². The van der Waals surface area contributed by atoms with Crippen LogP contribution in [0.5, 0.6) is 0 Å². The van der Waals surface area contributed by atoms with Gasteiger partial charge in [0.1, 0.15) is 0 Å². The Morgan fingerprint density at radius 1 is 1.22 bits per heavy atom. The van der Waals surface area contributed by atoms with Crippen LogP contribution < -0.4 is 5.32 Å². The van der Waals surface area contributed by atoms with Crippen molar-refractivity contribution in [3.05, 3.63) is 52.5 Å². The van der Waals surface area contributed by atoms with Crippen LogP contribution >= 0.6 is 11.3 Å². The fourth-order valence-electron chi connectivity index (χ4n) is 2.12. The van der Waals surface area contributed by atoms with Crippen LogP contribution in [-0.2, 0) is 6.42 Å². The monoisotopic (exact) mass is 260 g/mol. The molecule has 0 fully saturated rings. The SMILES string of the molecule is CC(C)C(NCCc1cscn1)c1ccccc1. The molecule has 1 heterocycles. The maximum Gasteiger partial charge on any atom is 0.0794 e. The van der Waals surface area contributed by atoms with Gasteiger partial charge in [0, 0.05) is 24.4 Å². The highest BCUT2D eigenvalue weighted by Gasteiger charge is 2.14. The van der Waals surface area contributed by atoms with Gasteiger partial charge in [0.25, 0.3) is 0 Å². The quantitative estimate of drug-likeness (QED) is 0.857. The molecule has 0 bridgehead atoms. The molecule has 0 saturated carbocycles. The number of rotatable bonds is 6. The van der Waals surface area contributed by atoms with Gasteiger partial charge in [0.05, 0.1) is 11.2 Å². The number of nitrogens with one attached hydrogen (secondary N) is 1. The van der Waals surface area contributed by atoms with E-state index in [0.717, 1.165) is 13.0 Å². The molecule has 1 unspecified atom stereocenters. The first kappa shape index (κ1) is 13.2. The van der Waals surface area contributed by atoms with Crippen molar-refractivity contribution in [2.45, 2.75) is 26.3 Å². The van der Waals surface area contributed by atoms with Gasteiger partial charge in [0.15, 0.2) is 0 Å². The van der Waals surface area contributed by atoms with Gasteiger partial charge in [-0.2, -0.15) is 0 Å². The molecule has 96 valence electrons. The van der Waals surface area contributed by atoms with E-state index >= 15 is 0 Å². The molecule has 2 rings (SSSR count). The highest BCUT2D eigenvalue weighted by molar-refractivity contribution is 7.07. The average molecular weight is 260 g/mol. The third kappa shape index (κ3) is 3.65. The fourth-order valence-corrected chi connectivity index (χ4v) is 2.71. The van der Waals surface area contributed by atoms with Crippen molar-refractivity contribution in [1.82, 2.24) is 10.3 Å². The summed E-state index contributed by atoms with van der Waals surface area (Å²) in [6.07, 6.45) is 1.000. The summed E-state index contributed by atoms with van der Waals surface area (Å²) < 4.78 is 0. The van der Waals surface area contributed by atoms with Gasteiger partial charge in [-0.15, -0.1) is 11.3 Å². The minimum Gasteiger partial charge on any atom is -0.309 e. The lowest BCUT2D eigenvalue weighted by atomic mass is 9.96. The highest BCUT2D eigenvalue weighted by Crippen LogP contribution is 2.21. The summed E-state index contributed by atoms with van der Waals surface area (Å²) in [5, 5.41) is 5.76. The molecular weight excluding hydrogens is 240 g/mol. The zero-order valence-electron chi connectivity index (χ0n) is 11.0. The Balaban J connectivity index is 1.91. The topological polar surface area (TPSA) is 24.9 Å². The lowest BCUT2D eigenvalue weighted by Gasteiger charge is -2.22. The summed E-state index contributed by atoms with van der Waals surface area (Å²) in [6.45, 7) is 5.49. The van der Waals surface area contributed by atoms with Gasteiger partial charge in [-0.1, -0.05) is 44.2 Å². The van der Waals surface area contributed by atoms with E-state index in [2.05, 4.69) is 59.9 Å². The van der Waals surface area contributed by atoms with Crippen LogP contribution in [0.1, 0.15) is 31.1 Å². The average Bonchev–Trinajstić information content (AvgIpc) is 2.88. The molecule has 0 aliphatic heterocycles. The van der Waals surface area contributed by atoms with Gasteiger partial charge in [-0.05, 0) is 11.5 Å². The van der Waals surface area contributed by atoms with E-state index in [-0.39, 0.29) is 0 Å². The second-order valence-electron chi connectivity index (χ2n) is 4.82. The number of hydrogen-bond donors (Lipinski definition) is 1. The zero-order valence-corrected chi connectivity index (χ0v) is 11.8. The Bertz CT molecular complexity index is 437. The zero-order chi connectivity index (χ0) is 12.8. The molecule has 0 aliphatic carbocycles. The summed E-state index contributed by atoms with van der Waals surface area (Å²) in [5.41, 5.74) is 4.45. The molecule has 1 aromatic carbocycles. The summed E-state index contributed by atoms with van der Waals surface area (Å²) in [6, 6.07) is 11.1. The minimum absolute atomic E-state index is 0.421. The van der Waals surface area contributed by atoms with Crippen LogP contribution in [0.15, 0.2) is 41.2 Å². The van der Waals surface area contributed by atoms with Crippen LogP contribution in [0.4, 0.5) is 0 Å². The van der Waals surface area contributed by atoms with Gasteiger partial charge in [-0.3, -0.25) is 0 Å². The third-order valence-corrected chi connectivity index (χ3v) is 3.69. The van der Waals surface area contributed by atoms with Gasteiger partial charge >= 0.3 is 0 Å². The van der Waals surface area contributed by atoms with Crippen LogP contribution in [-0.4, -0.2) is 11.5 Å². The molecule has 3 heteroatoms. The molecule has 0 spiro atoms. The molecule has 1 N–H and O–H groups in total. The molecule has 2 nitrogen and oxygen atoms in total. The number of thiazole rings is 1. The van der Waals surface area contributed by atoms with Crippen LogP contribution in [0.25, 0.3) is 0 Å². The predicted molar refractivity (Wildman–Crippen MR) is 77.8 cm³/mol. The maximum absolute atomic E-state index is 4.31. The van der Waals surface area contributed by atoms with Crippen molar-refractivity contribution in [1.29, 1.82) is 0 Å². The number of hydrogen-bond acceptors (Lipinski definition) is 3. The maximum atomic E-state index is 4.31. The van der Waals surface area contributed by atoms with E-state index in [9.17, 15) is 0 Å². The lowest BCUT2D eigenvalue weighted by Crippen LogP contribution is -2.27. The Hall–Kier alpha value is -1.19. The van der Waals surface area contributed by atoms with Crippen molar-refractivity contribution >= 4 is 11.3 Å². The van der Waals surface area contributed by atoms with Gasteiger partial charge in [-0.25, -0.2) is 4.98 Å². The normalized spacial score (nSPS) is 12.8. The van der Waals surface area contributed by atoms with Crippen LogP contribution in [0.2, 0.25) is 0 Å². The second kappa shape index (κ2) is 6.66. The van der Waals surface area contributed by atoms with E-state index in [0.29, 0.717) is 12.0 Å². The Kier molecular flexibility index (Phi) is 4.90. The molecular formula is C15H20N2S. The van der Waals surface area contributed by atoms with E-state index < -0.39 is 0 Å². The summed E-state index contributed by atoms with van der Waals surface area (Å²) in [7, 11) is 0. The molecule has 2 aromatic rings. The smallest absolute Gasteiger partial charge is 0.0794 e. The lowest BCUT2D eigenvalue weighted by molar-refractivity contribution is 0.414. The van der Waals surface area contributed by atoms with Gasteiger partial charge < -0.3 is 5.32 Å². The molecule has 0 saturated heterocycles. The molecule has 1 aromatic heterocycles. The Morgan fingerprint density at radius 3 is 2.61 bits per heavy atom. The van der Waals surface area contributed by atoms with Crippen LogP contribution in [0.3, 0.4) is 0 Å². The first-order chi connectivity index (χ1) is 8.77. The van der Waals surface area contributed by atoms with Crippen molar-refractivity contribution < 1.29 is 0 Å². The number of benzene rings is 1. The fraction of sp³-hybridized carbons (Fsp3) is 0.400. The van der Waals surface area contributed by atoms with E-state index in [1.165, 1.54) is 11.3 Å². The number of aromatic nitrogens is 1. The molecule has 1 atom stereocenters. The summed E-state index contributed by atoms with van der Waals surface area (Å²) >= 11 is 1.66. The minimum atomic E-state index is 0.421. The van der Waals surface area contributed by atoms with E-state index in [1.807, 2.05) is 5.51 Å². The largest absolute Gasteiger partial charge is 0.309 e. The summed E-state index contributed by atoms with van der Waals surface area (Å²) in [5.74, 6) is 0.586. The molecule has 0 amide bonds. The predicted octanol–water partition coefficient (Wildman–Crippen LogP) is 3.67. The van der Waals surface area contributed by atoms with Crippen molar-refractivity contribution in [3.8, 4) is 0 Å². The standard InChI is InChI=1S/C15H20N2S/c1-12(2)15(13-6-4-3-5-7-13)16-9-8-14-10-18-11-17-14/h3-7,10-12,15-16H,8-9H2,1-2H3. The second-order valence-corrected chi connectivity index (χ2v) is 5.53. The first-order valence-electron chi connectivity index (χ1n) is 6.43. The van der Waals surface area contributed by atoms with Gasteiger partial charge in [0.2, 0.25) is 0 Å². The molecule has 18 heavy (non-hydrogen) atoms. The van der Waals surface area contributed by atoms with Crippen LogP contribution in [0, 0.1) is 5.92 Å². The summed E-state index contributed by atoms with van der Waals surface area (Å²) in [4.78, 5) is 4.31.